The maximum atomic E-state index is 15.5. The maximum absolute atomic E-state index is 15.5. The number of benzene rings is 2. The van der Waals surface area contributed by atoms with Crippen LogP contribution in [0.25, 0.3) is 11.3 Å². The largest absolute Gasteiger partial charge is 0.457 e. The second-order valence-corrected chi connectivity index (χ2v) is 12.5. The summed E-state index contributed by atoms with van der Waals surface area (Å²) in [6.07, 6.45) is 1.14. The van der Waals surface area contributed by atoms with Gasteiger partial charge in [-0.25, -0.2) is 13.2 Å². The lowest BCUT2D eigenvalue weighted by atomic mass is 9.98. The van der Waals surface area contributed by atoms with Crippen LogP contribution in [0.3, 0.4) is 0 Å². The van der Waals surface area contributed by atoms with Crippen LogP contribution >= 0.6 is 0 Å². The van der Waals surface area contributed by atoms with E-state index in [0.717, 1.165) is 24.1 Å². The number of halogens is 3. The van der Waals surface area contributed by atoms with Crippen molar-refractivity contribution in [3.63, 3.8) is 0 Å². The van der Waals surface area contributed by atoms with Gasteiger partial charge in [-0.3, -0.25) is 14.5 Å². The zero-order valence-corrected chi connectivity index (χ0v) is 26.5. The van der Waals surface area contributed by atoms with Crippen LogP contribution in [-0.2, 0) is 22.5 Å². The predicted octanol–water partition coefficient (Wildman–Crippen LogP) is 5.42. The SMILES string of the molecule is CCCc1ccc(-c2ccc(Oc3cc(C(=O)NC4CCN([C@@H]5CCOC[C@H]5F)CC4)c(F)cc3CN3C[C@@H](F)CC3=O)cc2)nn1. The number of hydrogen-bond acceptors (Lipinski definition) is 7. The number of likely N-dealkylation sites (tertiary alicyclic amines) is 2. The molecule has 2 aromatic carbocycles. The Hall–Kier alpha value is -4.03. The Bertz CT molecular complexity index is 1550. The molecular formula is C35H40F3N5O4. The molecule has 0 saturated carbocycles. The molecule has 12 heteroatoms. The van der Waals surface area contributed by atoms with Gasteiger partial charge in [-0.05, 0) is 74.2 Å². The van der Waals surface area contributed by atoms with Gasteiger partial charge in [0, 0.05) is 49.5 Å². The highest BCUT2D eigenvalue weighted by Gasteiger charge is 2.34. The number of nitrogens with one attached hydrogen (secondary N) is 1. The third kappa shape index (κ3) is 7.93. The van der Waals surface area contributed by atoms with Crippen molar-refractivity contribution in [2.45, 2.75) is 76.4 Å². The van der Waals surface area contributed by atoms with Gasteiger partial charge in [0.2, 0.25) is 5.91 Å². The first-order valence-electron chi connectivity index (χ1n) is 16.4. The van der Waals surface area contributed by atoms with E-state index in [1.807, 2.05) is 24.3 Å². The first-order chi connectivity index (χ1) is 22.8. The summed E-state index contributed by atoms with van der Waals surface area (Å²) in [7, 11) is 0. The summed E-state index contributed by atoms with van der Waals surface area (Å²) in [5, 5.41) is 11.5. The van der Waals surface area contributed by atoms with E-state index in [1.165, 1.54) is 17.0 Å². The number of ether oxygens (including phenoxy) is 2. The summed E-state index contributed by atoms with van der Waals surface area (Å²) in [5.41, 5.74) is 2.57. The van der Waals surface area contributed by atoms with Crippen molar-refractivity contribution in [2.75, 3.05) is 32.8 Å². The van der Waals surface area contributed by atoms with Crippen molar-refractivity contribution in [1.82, 2.24) is 25.3 Å². The Balaban J connectivity index is 1.18. The minimum Gasteiger partial charge on any atom is -0.457 e. The molecule has 0 spiro atoms. The highest BCUT2D eigenvalue weighted by Crippen LogP contribution is 2.32. The summed E-state index contributed by atoms with van der Waals surface area (Å²) in [5.74, 6) is -1.12. The lowest BCUT2D eigenvalue weighted by Gasteiger charge is -2.40. The van der Waals surface area contributed by atoms with Crippen LogP contribution in [-0.4, -0.2) is 89.1 Å². The Labute approximate surface area is 272 Å². The fraction of sp³-hybridized carbons (Fsp3) is 0.486. The topological polar surface area (TPSA) is 96.9 Å². The van der Waals surface area contributed by atoms with Crippen molar-refractivity contribution in [3.8, 4) is 22.8 Å². The van der Waals surface area contributed by atoms with Crippen LogP contribution in [0.2, 0.25) is 0 Å². The van der Waals surface area contributed by atoms with Crippen molar-refractivity contribution in [2.24, 2.45) is 0 Å². The van der Waals surface area contributed by atoms with Gasteiger partial charge < -0.3 is 19.7 Å². The molecule has 3 fully saturated rings. The smallest absolute Gasteiger partial charge is 0.254 e. The number of aryl methyl sites for hydroxylation is 1. The normalized spacial score (nSPS) is 22.4. The quantitative estimate of drug-likeness (QED) is 0.313. The van der Waals surface area contributed by atoms with Crippen LogP contribution in [0, 0.1) is 5.82 Å². The highest BCUT2D eigenvalue weighted by molar-refractivity contribution is 5.95. The molecule has 3 aromatic rings. The van der Waals surface area contributed by atoms with E-state index >= 15 is 4.39 Å². The fourth-order valence-corrected chi connectivity index (χ4v) is 6.54. The van der Waals surface area contributed by atoms with Crippen LogP contribution in [0.4, 0.5) is 13.2 Å². The number of aromatic nitrogens is 2. The second kappa shape index (κ2) is 14.8. The van der Waals surface area contributed by atoms with E-state index in [2.05, 4.69) is 27.3 Å². The monoisotopic (exact) mass is 651 g/mol. The number of rotatable bonds is 10. The van der Waals surface area contributed by atoms with E-state index in [4.69, 9.17) is 9.47 Å². The average molecular weight is 652 g/mol. The lowest BCUT2D eigenvalue weighted by molar-refractivity contribution is -0.128. The van der Waals surface area contributed by atoms with Gasteiger partial charge in [0.1, 0.15) is 29.7 Å². The van der Waals surface area contributed by atoms with Gasteiger partial charge in [-0.15, -0.1) is 0 Å². The van der Waals surface area contributed by atoms with Crippen molar-refractivity contribution >= 4 is 11.8 Å². The van der Waals surface area contributed by atoms with E-state index in [-0.39, 0.29) is 55.4 Å². The van der Waals surface area contributed by atoms with E-state index in [0.29, 0.717) is 56.0 Å². The van der Waals surface area contributed by atoms with Gasteiger partial charge in [-0.2, -0.15) is 10.2 Å². The lowest BCUT2D eigenvalue weighted by Crippen LogP contribution is -2.53. The maximum Gasteiger partial charge on any atom is 0.254 e. The summed E-state index contributed by atoms with van der Waals surface area (Å²) in [6, 6.07) is 13.1. The Morgan fingerprint density at radius 3 is 2.51 bits per heavy atom. The van der Waals surface area contributed by atoms with Crippen LogP contribution in [0.15, 0.2) is 48.5 Å². The van der Waals surface area contributed by atoms with Crippen molar-refractivity contribution in [1.29, 1.82) is 0 Å². The number of amides is 2. The van der Waals surface area contributed by atoms with E-state index < -0.39 is 24.1 Å². The summed E-state index contributed by atoms with van der Waals surface area (Å²) in [4.78, 5) is 29.2. The van der Waals surface area contributed by atoms with Gasteiger partial charge in [-0.1, -0.05) is 13.3 Å². The number of alkyl halides is 2. The predicted molar refractivity (Wildman–Crippen MR) is 169 cm³/mol. The molecule has 47 heavy (non-hydrogen) atoms. The summed E-state index contributed by atoms with van der Waals surface area (Å²) < 4.78 is 55.3. The Morgan fingerprint density at radius 2 is 1.85 bits per heavy atom. The molecule has 6 rings (SSSR count). The molecule has 4 heterocycles. The van der Waals surface area contributed by atoms with Crippen molar-refractivity contribution < 1.29 is 32.2 Å². The first kappa shape index (κ1) is 32.9. The van der Waals surface area contributed by atoms with Gasteiger partial charge >= 0.3 is 0 Å². The number of nitrogens with zero attached hydrogens (tertiary/aromatic N) is 4. The molecule has 2 amide bonds. The summed E-state index contributed by atoms with van der Waals surface area (Å²) >= 11 is 0. The zero-order valence-electron chi connectivity index (χ0n) is 26.5. The number of carbonyl (C=O) groups excluding carboxylic acids is 2. The average Bonchev–Trinajstić information content (AvgIpc) is 3.39. The first-order valence-corrected chi connectivity index (χ1v) is 16.4. The van der Waals surface area contributed by atoms with Gasteiger partial charge in [0.05, 0.1) is 36.5 Å². The molecule has 0 unspecified atom stereocenters. The molecular weight excluding hydrogens is 611 g/mol. The van der Waals surface area contributed by atoms with E-state index in [1.54, 1.807) is 12.1 Å². The summed E-state index contributed by atoms with van der Waals surface area (Å²) in [6.45, 7) is 3.81. The number of hydrogen-bond donors (Lipinski definition) is 1. The minimum atomic E-state index is -1.29. The standard InChI is InChI=1S/C35H40F3N5O4/c1-2-3-26-6-9-31(41-40-26)22-4-7-27(8-5-22)47-33-18-28(29(37)16-23(33)19-43-20-24(36)17-34(43)44)35(45)39-25-10-13-42(14-11-25)32-12-15-46-21-30(32)38/h4-9,16,18,24-25,30,32H,2-3,10-15,17,19-21H2,1H3,(H,39,45)/t24-,30+,32+/m0/s1. The molecule has 1 aromatic heterocycles. The van der Waals surface area contributed by atoms with E-state index in [9.17, 15) is 18.4 Å². The zero-order chi connectivity index (χ0) is 32.9. The molecule has 3 atom stereocenters. The van der Waals surface area contributed by atoms with Gasteiger partial charge in [0.15, 0.2) is 0 Å². The number of carbonyl (C=O) groups is 2. The highest BCUT2D eigenvalue weighted by atomic mass is 19.1. The molecule has 0 radical (unpaired) electrons. The fourth-order valence-electron chi connectivity index (χ4n) is 6.54. The molecule has 9 nitrogen and oxygen atoms in total. The third-order valence-corrected chi connectivity index (χ3v) is 9.11. The van der Waals surface area contributed by atoms with Crippen LogP contribution in [0.5, 0.6) is 11.5 Å². The molecule has 3 saturated heterocycles. The molecule has 1 N–H and O–H groups in total. The van der Waals surface area contributed by atoms with Crippen LogP contribution in [0.1, 0.15) is 60.6 Å². The third-order valence-electron chi connectivity index (χ3n) is 9.11. The molecule has 0 aliphatic carbocycles. The molecule has 0 bridgehead atoms. The molecule has 250 valence electrons. The molecule has 3 aliphatic heterocycles. The minimum absolute atomic E-state index is 0.0641. The molecule has 3 aliphatic rings. The number of piperidine rings is 1. The van der Waals surface area contributed by atoms with Gasteiger partial charge in [0.25, 0.3) is 5.91 Å². The Kier molecular flexibility index (Phi) is 10.4. The second-order valence-electron chi connectivity index (χ2n) is 12.5. The Morgan fingerprint density at radius 1 is 1.06 bits per heavy atom. The van der Waals surface area contributed by atoms with Crippen LogP contribution < -0.4 is 10.1 Å². The van der Waals surface area contributed by atoms with Crippen molar-refractivity contribution in [3.05, 3.63) is 71.2 Å².